The lowest BCUT2D eigenvalue weighted by molar-refractivity contribution is 0.803. The summed E-state index contributed by atoms with van der Waals surface area (Å²) in [4.78, 5) is 0. The van der Waals surface area contributed by atoms with Crippen molar-refractivity contribution in [1.82, 2.24) is 0 Å². The minimum Gasteiger partial charge on any atom is -0.0658 e. The minimum absolute atomic E-state index is 0.153. The molecule has 6 radical (unpaired) electrons. The van der Waals surface area contributed by atoms with E-state index in [4.69, 9.17) is 0 Å². The monoisotopic (exact) mass is 112 g/mol. The van der Waals surface area contributed by atoms with Crippen molar-refractivity contribution in [1.29, 1.82) is 0 Å². The van der Waals surface area contributed by atoms with E-state index in [1.807, 2.05) is 0 Å². The Labute approximate surface area is 46.2 Å². The van der Waals surface area contributed by atoms with Crippen LogP contribution in [0.15, 0.2) is 0 Å². The van der Waals surface area contributed by atoms with Crippen molar-refractivity contribution in [3.8, 4) is 0 Å². The Morgan fingerprint density at radius 1 is 1.50 bits per heavy atom. The molecule has 0 rings (SSSR count). The number of hydrogen-bond acceptors (Lipinski definition) is 0. The molecule has 0 aliphatic carbocycles. The third-order valence-corrected chi connectivity index (χ3v) is 1.41. The molecule has 0 amide bonds. The van der Waals surface area contributed by atoms with Crippen molar-refractivity contribution in [2.24, 2.45) is 0 Å². The standard InChI is InChI=1S/C4H8Si2/c1-3-4(2,5)6/h3H2,1-2H3. The Morgan fingerprint density at radius 2 is 1.67 bits per heavy atom. The largest absolute Gasteiger partial charge is 0.0658 e. The maximum absolute atomic E-state index is 3.44. The van der Waals surface area contributed by atoms with Crippen molar-refractivity contribution in [2.75, 3.05) is 0 Å². The van der Waals surface area contributed by atoms with E-state index in [0.717, 1.165) is 6.42 Å². The summed E-state index contributed by atoms with van der Waals surface area (Å²) < 4.78 is 0.153. The lowest BCUT2D eigenvalue weighted by Gasteiger charge is -2.11. The number of rotatable bonds is 1. The van der Waals surface area contributed by atoms with E-state index in [9.17, 15) is 0 Å². The van der Waals surface area contributed by atoms with E-state index in [0.29, 0.717) is 0 Å². The van der Waals surface area contributed by atoms with Gasteiger partial charge >= 0.3 is 0 Å². The van der Waals surface area contributed by atoms with Crippen LogP contribution in [-0.4, -0.2) is 20.5 Å². The molecule has 0 unspecified atom stereocenters. The van der Waals surface area contributed by atoms with Gasteiger partial charge in [0.05, 0.1) is 0 Å². The van der Waals surface area contributed by atoms with E-state index in [1.165, 1.54) is 0 Å². The third-order valence-electron chi connectivity index (χ3n) is 0.707. The Bertz CT molecular complexity index is 35.3. The summed E-state index contributed by atoms with van der Waals surface area (Å²) in [6.45, 7) is 4.18. The third kappa shape index (κ3) is 4.43. The van der Waals surface area contributed by atoms with Crippen LogP contribution in [-0.2, 0) is 0 Å². The molecule has 0 aliphatic rings. The first-order chi connectivity index (χ1) is 2.56. The fourth-order valence-electron chi connectivity index (χ4n) is 0. The van der Waals surface area contributed by atoms with Crippen molar-refractivity contribution < 1.29 is 0 Å². The molecule has 6 heavy (non-hydrogen) atoms. The molecule has 0 aromatic rings. The van der Waals surface area contributed by atoms with Gasteiger partial charge < -0.3 is 0 Å². The summed E-state index contributed by atoms with van der Waals surface area (Å²) in [6.07, 6.45) is 1.10. The average molecular weight is 112 g/mol. The fraction of sp³-hybridized carbons (Fsp3) is 1.00. The normalized spacial score (nSPS) is 12.0. The van der Waals surface area contributed by atoms with E-state index in [-0.39, 0.29) is 4.66 Å². The average Bonchev–Trinajstić information content (AvgIpc) is 1.35. The van der Waals surface area contributed by atoms with Gasteiger partial charge in [0.15, 0.2) is 0 Å². The smallest absolute Gasteiger partial charge is 0.0258 e. The van der Waals surface area contributed by atoms with E-state index < -0.39 is 0 Å². The summed E-state index contributed by atoms with van der Waals surface area (Å²) in [7, 11) is 6.87. The molecule has 0 atom stereocenters. The van der Waals surface area contributed by atoms with Gasteiger partial charge in [-0.05, 0) is 0 Å². The second-order valence-corrected chi connectivity index (χ2v) is 4.39. The Balaban J connectivity index is 3.17. The van der Waals surface area contributed by atoms with Crippen LogP contribution in [0, 0.1) is 0 Å². The molecule has 0 saturated heterocycles. The highest BCUT2D eigenvalue weighted by molar-refractivity contribution is 6.39. The zero-order chi connectivity index (χ0) is 5.21. The summed E-state index contributed by atoms with van der Waals surface area (Å²) in [5, 5.41) is 0. The highest BCUT2D eigenvalue weighted by Crippen LogP contribution is 2.16. The fourth-order valence-corrected chi connectivity index (χ4v) is 0. The SMILES string of the molecule is CCC(C)([Si])[Si]. The second kappa shape index (κ2) is 1.93. The van der Waals surface area contributed by atoms with Crippen LogP contribution in [0.1, 0.15) is 20.3 Å². The first-order valence-corrected chi connectivity index (χ1v) is 3.06. The van der Waals surface area contributed by atoms with Crippen LogP contribution in [0.3, 0.4) is 0 Å². The molecule has 0 bridgehead atoms. The Kier molecular flexibility index (Phi) is 2.07. The van der Waals surface area contributed by atoms with Crippen molar-refractivity contribution in [3.05, 3.63) is 0 Å². The molecule has 0 heterocycles. The van der Waals surface area contributed by atoms with Crippen molar-refractivity contribution in [2.45, 2.75) is 24.9 Å². The van der Waals surface area contributed by atoms with Crippen molar-refractivity contribution in [3.63, 3.8) is 0 Å². The summed E-state index contributed by atoms with van der Waals surface area (Å²) >= 11 is 0. The second-order valence-electron chi connectivity index (χ2n) is 1.69. The molecule has 0 fully saturated rings. The van der Waals surface area contributed by atoms with Gasteiger partial charge in [-0.25, -0.2) is 0 Å². The van der Waals surface area contributed by atoms with Crippen LogP contribution in [0.4, 0.5) is 0 Å². The maximum atomic E-state index is 3.44. The molecular formula is C4H8Si2. The van der Waals surface area contributed by atoms with Crippen LogP contribution in [0.5, 0.6) is 0 Å². The van der Waals surface area contributed by atoms with E-state index >= 15 is 0 Å². The van der Waals surface area contributed by atoms with Gasteiger partial charge in [-0.15, -0.1) is 0 Å². The quantitative estimate of drug-likeness (QED) is 0.442. The van der Waals surface area contributed by atoms with Gasteiger partial charge in [0.2, 0.25) is 0 Å². The van der Waals surface area contributed by atoms with Gasteiger partial charge in [0.1, 0.15) is 0 Å². The van der Waals surface area contributed by atoms with E-state index in [1.54, 1.807) is 0 Å². The molecule has 0 N–H and O–H groups in total. The van der Waals surface area contributed by atoms with Crippen LogP contribution in [0.2, 0.25) is 4.66 Å². The maximum Gasteiger partial charge on any atom is 0.0258 e. The van der Waals surface area contributed by atoms with Crippen LogP contribution >= 0.6 is 0 Å². The molecule has 0 spiro atoms. The van der Waals surface area contributed by atoms with Gasteiger partial charge in [-0.2, -0.15) is 0 Å². The molecule has 0 nitrogen and oxygen atoms in total. The summed E-state index contributed by atoms with van der Waals surface area (Å²) in [5.74, 6) is 0. The molecule has 0 aromatic carbocycles. The van der Waals surface area contributed by atoms with Crippen LogP contribution < -0.4 is 0 Å². The predicted octanol–water partition coefficient (Wildman–Crippen LogP) is 0.869. The zero-order valence-electron chi connectivity index (χ0n) is 4.21. The first-order valence-electron chi connectivity index (χ1n) is 2.06. The molecule has 0 saturated carbocycles. The topological polar surface area (TPSA) is 0 Å². The lowest BCUT2D eigenvalue weighted by atomic mass is 10.4. The van der Waals surface area contributed by atoms with Crippen molar-refractivity contribution >= 4 is 20.5 Å². The van der Waals surface area contributed by atoms with E-state index in [2.05, 4.69) is 34.3 Å². The lowest BCUT2D eigenvalue weighted by Crippen LogP contribution is -2.03. The van der Waals surface area contributed by atoms with Gasteiger partial charge in [0.25, 0.3) is 0 Å². The first kappa shape index (κ1) is 6.43. The Hall–Kier alpha value is 0.434. The molecular weight excluding hydrogens is 104 g/mol. The van der Waals surface area contributed by atoms with Crippen LogP contribution in [0.25, 0.3) is 0 Å². The number of hydrogen-bond donors (Lipinski definition) is 0. The predicted molar refractivity (Wildman–Crippen MR) is 30.2 cm³/mol. The van der Waals surface area contributed by atoms with Gasteiger partial charge in [0, 0.05) is 20.5 Å². The highest BCUT2D eigenvalue weighted by Gasteiger charge is 2.04. The van der Waals surface area contributed by atoms with Gasteiger partial charge in [-0.1, -0.05) is 24.9 Å². The molecule has 0 aromatic heterocycles. The summed E-state index contributed by atoms with van der Waals surface area (Å²) in [5.41, 5.74) is 0. The minimum atomic E-state index is 0.153. The highest BCUT2D eigenvalue weighted by atomic mass is 28.2. The Morgan fingerprint density at radius 3 is 1.67 bits per heavy atom. The van der Waals surface area contributed by atoms with Gasteiger partial charge in [-0.3, -0.25) is 0 Å². The summed E-state index contributed by atoms with van der Waals surface area (Å²) in [6, 6.07) is 0. The zero-order valence-corrected chi connectivity index (χ0v) is 6.21. The molecule has 2 heteroatoms. The molecule has 0 aliphatic heterocycles. The molecule has 32 valence electrons.